The van der Waals surface area contributed by atoms with Gasteiger partial charge in [0.15, 0.2) is 5.78 Å². The highest BCUT2D eigenvalue weighted by Crippen LogP contribution is 2.40. The number of benzene rings is 2. The van der Waals surface area contributed by atoms with E-state index in [0.29, 0.717) is 46.4 Å². The third-order valence-electron chi connectivity index (χ3n) is 6.58. The molecule has 1 fully saturated rings. The molecule has 0 atom stereocenters. The van der Waals surface area contributed by atoms with E-state index in [-0.39, 0.29) is 16.9 Å². The number of nitriles is 1. The molecule has 0 radical (unpaired) electrons. The van der Waals surface area contributed by atoms with Crippen LogP contribution in [0.5, 0.6) is 11.5 Å². The number of nitrogens with one attached hydrogen (secondary N) is 1. The number of piperidine rings is 1. The summed E-state index contributed by atoms with van der Waals surface area (Å²) in [5, 5.41) is 17.3. The van der Waals surface area contributed by atoms with E-state index in [1.807, 2.05) is 32.0 Å². The second-order valence-corrected chi connectivity index (χ2v) is 10.9. The van der Waals surface area contributed by atoms with Gasteiger partial charge in [-0.1, -0.05) is 17.3 Å². The Morgan fingerprint density at radius 1 is 1.11 bits per heavy atom. The molecule has 3 aromatic rings. The molecule has 35 heavy (non-hydrogen) atoms. The zero-order valence-corrected chi connectivity index (χ0v) is 21.4. The summed E-state index contributed by atoms with van der Waals surface area (Å²) in [4.78, 5) is 13.5. The highest BCUT2D eigenvalue weighted by molar-refractivity contribution is 5.98. The van der Waals surface area contributed by atoms with Crippen molar-refractivity contribution in [1.29, 1.82) is 5.26 Å². The summed E-state index contributed by atoms with van der Waals surface area (Å²) in [6, 6.07) is 14.7. The minimum Gasteiger partial charge on any atom is -0.455 e. The topological polar surface area (TPSA) is 88.2 Å². The first-order valence-electron chi connectivity index (χ1n) is 12.0. The number of hydrogen-bond acceptors (Lipinski definition) is 6. The van der Waals surface area contributed by atoms with E-state index in [4.69, 9.17) is 9.26 Å². The van der Waals surface area contributed by atoms with Crippen LogP contribution in [-0.4, -0.2) is 22.0 Å². The van der Waals surface area contributed by atoms with Gasteiger partial charge in [-0.25, -0.2) is 0 Å². The van der Waals surface area contributed by atoms with Gasteiger partial charge in [0.25, 0.3) is 0 Å². The van der Waals surface area contributed by atoms with Crippen LogP contribution in [-0.2, 0) is 0 Å². The number of Topliss-reactive ketones (excluding diaryl/α,β-unsaturated/α-hetero) is 1. The van der Waals surface area contributed by atoms with Crippen molar-refractivity contribution in [3.05, 3.63) is 65.0 Å². The Hall–Kier alpha value is -3.43. The van der Waals surface area contributed by atoms with E-state index in [2.05, 4.69) is 44.2 Å². The van der Waals surface area contributed by atoms with Gasteiger partial charge in [-0.3, -0.25) is 4.79 Å². The first-order valence-corrected chi connectivity index (χ1v) is 12.0. The summed E-state index contributed by atoms with van der Waals surface area (Å²) < 4.78 is 11.6. The molecule has 1 N–H and O–H groups in total. The molecule has 6 nitrogen and oxygen atoms in total. The molecule has 1 aliphatic heterocycles. The predicted molar refractivity (Wildman–Crippen MR) is 136 cm³/mol. The highest BCUT2D eigenvalue weighted by Gasteiger charge is 2.38. The summed E-state index contributed by atoms with van der Waals surface area (Å²) in [7, 11) is 0. The van der Waals surface area contributed by atoms with Gasteiger partial charge in [-0.15, -0.1) is 0 Å². The first kappa shape index (κ1) is 24.7. The quantitative estimate of drug-likeness (QED) is 0.400. The molecule has 4 rings (SSSR count). The summed E-state index contributed by atoms with van der Waals surface area (Å²) in [6.07, 6.45) is 2.39. The maximum Gasteiger partial charge on any atom is 0.163 e. The summed E-state index contributed by atoms with van der Waals surface area (Å²) in [5.74, 6) is 2.06. The summed E-state index contributed by atoms with van der Waals surface area (Å²) in [5.41, 5.74) is 3.29. The van der Waals surface area contributed by atoms with Crippen molar-refractivity contribution in [3.63, 3.8) is 0 Å². The molecule has 1 aliphatic rings. The van der Waals surface area contributed by atoms with Crippen LogP contribution in [0.3, 0.4) is 0 Å². The lowest BCUT2D eigenvalue weighted by Crippen LogP contribution is -2.57. The van der Waals surface area contributed by atoms with Crippen molar-refractivity contribution in [2.75, 3.05) is 0 Å². The fourth-order valence-electron chi connectivity index (χ4n) is 5.68. The van der Waals surface area contributed by atoms with E-state index >= 15 is 0 Å². The zero-order chi connectivity index (χ0) is 25.4. The van der Waals surface area contributed by atoms with Crippen LogP contribution >= 0.6 is 0 Å². The van der Waals surface area contributed by atoms with Crippen LogP contribution in [0.2, 0.25) is 0 Å². The molecular weight excluding hydrogens is 438 g/mol. The average molecular weight is 472 g/mol. The molecule has 182 valence electrons. The van der Waals surface area contributed by atoms with Crippen molar-refractivity contribution >= 4 is 5.78 Å². The van der Waals surface area contributed by atoms with Gasteiger partial charge in [0, 0.05) is 28.6 Å². The van der Waals surface area contributed by atoms with E-state index < -0.39 is 0 Å². The van der Waals surface area contributed by atoms with Crippen molar-refractivity contribution in [2.45, 2.75) is 71.9 Å². The fourth-order valence-corrected chi connectivity index (χ4v) is 5.68. The van der Waals surface area contributed by atoms with Gasteiger partial charge in [-0.05, 0) is 90.6 Å². The Morgan fingerprint density at radius 2 is 1.80 bits per heavy atom. The normalized spacial score (nSPS) is 17.1. The number of nitrogens with zero attached hydrogens (tertiary/aromatic N) is 2. The molecule has 0 saturated carbocycles. The van der Waals surface area contributed by atoms with Crippen molar-refractivity contribution < 1.29 is 14.1 Å². The number of rotatable bonds is 6. The monoisotopic (exact) mass is 471 g/mol. The fraction of sp³-hybridized carbons (Fsp3) is 0.414. The number of ketones is 1. The lowest BCUT2D eigenvalue weighted by Gasteiger charge is -2.46. The Kier molecular flexibility index (Phi) is 6.57. The number of ether oxygens (including phenoxy) is 1. The molecule has 6 heteroatoms. The Morgan fingerprint density at radius 3 is 2.43 bits per heavy atom. The SMILES string of the molecule is Cc1noc(C)c1-c1cc(C(=O)CC2CC(C)(C)NC(C)(C)C2)ccc1Oc1ccccc1C#N. The maximum atomic E-state index is 13.5. The number of carbonyl (C=O) groups excluding carboxylic acids is 1. The summed E-state index contributed by atoms with van der Waals surface area (Å²) >= 11 is 0. The molecule has 1 aromatic heterocycles. The number of carbonyl (C=O) groups is 1. The van der Waals surface area contributed by atoms with E-state index in [1.165, 1.54) is 0 Å². The third kappa shape index (κ3) is 5.47. The van der Waals surface area contributed by atoms with Gasteiger partial charge in [-0.2, -0.15) is 5.26 Å². The minimum absolute atomic E-state index is 0.0135. The van der Waals surface area contributed by atoms with Crippen LogP contribution < -0.4 is 10.1 Å². The average Bonchev–Trinajstić information content (AvgIpc) is 3.10. The number of hydrogen-bond donors (Lipinski definition) is 1. The Labute approximate surface area is 207 Å². The number of aromatic nitrogens is 1. The second-order valence-electron chi connectivity index (χ2n) is 10.9. The second kappa shape index (κ2) is 9.31. The summed E-state index contributed by atoms with van der Waals surface area (Å²) in [6.45, 7) is 12.5. The molecule has 1 saturated heterocycles. The molecule has 0 spiro atoms. The molecule has 2 heterocycles. The lowest BCUT2D eigenvalue weighted by molar-refractivity contribution is 0.0864. The standard InChI is InChI=1S/C29H33N3O3/c1-18-27(19(2)35-31-18)23-14-21(11-12-26(23)34-25-10-8-7-9-22(25)17-30)24(33)13-20-15-28(3,4)32-29(5,6)16-20/h7-12,14,20,32H,13,15-16H2,1-6H3. The van der Waals surface area contributed by atoms with Crippen molar-refractivity contribution in [3.8, 4) is 28.7 Å². The van der Waals surface area contributed by atoms with Crippen LogP contribution in [0.25, 0.3) is 11.1 Å². The first-order chi connectivity index (χ1) is 16.5. The van der Waals surface area contributed by atoms with Crippen LogP contribution in [0, 0.1) is 31.1 Å². The van der Waals surface area contributed by atoms with Crippen molar-refractivity contribution in [2.24, 2.45) is 5.92 Å². The Balaban J connectivity index is 1.69. The minimum atomic E-state index is -0.0135. The van der Waals surface area contributed by atoms with Gasteiger partial charge in [0.2, 0.25) is 0 Å². The van der Waals surface area contributed by atoms with E-state index in [1.54, 1.807) is 24.3 Å². The van der Waals surface area contributed by atoms with Crippen molar-refractivity contribution in [1.82, 2.24) is 10.5 Å². The predicted octanol–water partition coefficient (Wildman–Crippen LogP) is 6.75. The van der Waals surface area contributed by atoms with Gasteiger partial charge >= 0.3 is 0 Å². The number of para-hydroxylation sites is 1. The molecule has 0 bridgehead atoms. The van der Waals surface area contributed by atoms with Crippen LogP contribution in [0.4, 0.5) is 0 Å². The van der Waals surface area contributed by atoms with Crippen LogP contribution in [0.1, 0.15) is 74.3 Å². The number of aryl methyl sites for hydroxylation is 2. The third-order valence-corrected chi connectivity index (χ3v) is 6.58. The highest BCUT2D eigenvalue weighted by atomic mass is 16.5. The molecular formula is C29H33N3O3. The molecule has 2 aromatic carbocycles. The van der Waals surface area contributed by atoms with E-state index in [0.717, 1.165) is 24.0 Å². The van der Waals surface area contributed by atoms with E-state index in [9.17, 15) is 10.1 Å². The van der Waals surface area contributed by atoms with Gasteiger partial charge < -0.3 is 14.6 Å². The van der Waals surface area contributed by atoms with Gasteiger partial charge in [0.05, 0.1) is 16.8 Å². The molecule has 0 aliphatic carbocycles. The van der Waals surface area contributed by atoms with Gasteiger partial charge in [0.1, 0.15) is 23.3 Å². The van der Waals surface area contributed by atoms with Crippen LogP contribution in [0.15, 0.2) is 47.0 Å². The zero-order valence-electron chi connectivity index (χ0n) is 21.4. The lowest BCUT2D eigenvalue weighted by atomic mass is 9.74. The molecule has 0 unspecified atom stereocenters. The Bertz CT molecular complexity index is 1260. The largest absolute Gasteiger partial charge is 0.455 e. The molecule has 0 amide bonds. The smallest absolute Gasteiger partial charge is 0.163 e. The maximum absolute atomic E-state index is 13.5.